The maximum absolute atomic E-state index is 5.96. The number of rotatable bonds is 3. The second-order valence-corrected chi connectivity index (χ2v) is 5.84. The first-order chi connectivity index (χ1) is 10.2. The van der Waals surface area contributed by atoms with Gasteiger partial charge in [-0.2, -0.15) is 0 Å². The molecule has 2 aromatic carbocycles. The van der Waals surface area contributed by atoms with E-state index in [2.05, 4.69) is 34.7 Å². The molecule has 1 saturated heterocycles. The first-order valence-corrected chi connectivity index (χ1v) is 7.50. The van der Waals surface area contributed by atoms with Gasteiger partial charge in [0.05, 0.1) is 6.61 Å². The van der Waals surface area contributed by atoms with Crippen LogP contribution in [0.15, 0.2) is 54.6 Å². The van der Waals surface area contributed by atoms with Crippen molar-refractivity contribution in [2.45, 2.75) is 19.2 Å². The molecule has 21 heavy (non-hydrogen) atoms. The Morgan fingerprint density at radius 2 is 1.86 bits per heavy atom. The number of hydrogen-bond acceptors (Lipinski definition) is 3. The molecule has 1 N–H and O–H groups in total. The van der Waals surface area contributed by atoms with Gasteiger partial charge in [0.15, 0.2) is 5.72 Å². The minimum absolute atomic E-state index is 0.516. The summed E-state index contributed by atoms with van der Waals surface area (Å²) in [5.41, 5.74) is 5.32. The van der Waals surface area contributed by atoms with E-state index in [1.54, 1.807) is 0 Å². The molecular weight excluding hydrogens is 284 g/mol. The third-order valence-corrected chi connectivity index (χ3v) is 3.99. The van der Waals surface area contributed by atoms with Crippen LogP contribution < -0.4 is 5.43 Å². The lowest BCUT2D eigenvalue weighted by Crippen LogP contribution is -2.57. The molecule has 3 rings (SSSR count). The highest BCUT2D eigenvalue weighted by Crippen LogP contribution is 2.27. The zero-order chi connectivity index (χ0) is 14.7. The summed E-state index contributed by atoms with van der Waals surface area (Å²) >= 11 is 5.96. The maximum Gasteiger partial charge on any atom is 0.154 e. The third kappa shape index (κ3) is 3.44. The molecule has 1 fully saturated rings. The van der Waals surface area contributed by atoms with Crippen LogP contribution in [0.4, 0.5) is 0 Å². The van der Waals surface area contributed by atoms with Gasteiger partial charge in [-0.15, -0.1) is 0 Å². The monoisotopic (exact) mass is 302 g/mol. The number of nitrogens with one attached hydrogen (secondary N) is 1. The van der Waals surface area contributed by atoms with Crippen LogP contribution in [0.3, 0.4) is 0 Å². The second kappa shape index (κ2) is 6.16. The van der Waals surface area contributed by atoms with Crippen LogP contribution in [0.1, 0.15) is 18.1 Å². The summed E-state index contributed by atoms with van der Waals surface area (Å²) in [5, 5.41) is 2.94. The molecule has 2 aromatic rings. The number of hydrogen-bond donors (Lipinski definition) is 1. The van der Waals surface area contributed by atoms with Crippen molar-refractivity contribution < 1.29 is 4.74 Å². The molecule has 0 radical (unpaired) electrons. The van der Waals surface area contributed by atoms with Crippen LogP contribution in [0.25, 0.3) is 0 Å². The van der Waals surface area contributed by atoms with E-state index >= 15 is 0 Å². The second-order valence-electron chi connectivity index (χ2n) is 5.41. The van der Waals surface area contributed by atoms with Gasteiger partial charge in [-0.3, -0.25) is 0 Å². The highest BCUT2D eigenvalue weighted by molar-refractivity contribution is 6.30. The Labute approximate surface area is 130 Å². The van der Waals surface area contributed by atoms with Crippen molar-refractivity contribution in [2.24, 2.45) is 0 Å². The van der Waals surface area contributed by atoms with Crippen molar-refractivity contribution in [1.82, 2.24) is 10.4 Å². The highest BCUT2D eigenvalue weighted by Gasteiger charge is 2.33. The predicted octanol–water partition coefficient (Wildman–Crippen LogP) is 3.55. The average Bonchev–Trinajstić information content (AvgIpc) is 2.49. The van der Waals surface area contributed by atoms with Crippen LogP contribution in [0.2, 0.25) is 5.02 Å². The molecular formula is C17H19ClN2O. The van der Waals surface area contributed by atoms with E-state index in [0.717, 1.165) is 23.7 Å². The standard InChI is InChI=1S/C17H19ClN2O/c1-17(15-7-9-16(18)10-8-15)19-20(11-12-21-17)13-14-5-3-2-4-6-14/h2-10,19H,11-13H2,1H3. The zero-order valence-corrected chi connectivity index (χ0v) is 12.8. The minimum atomic E-state index is -0.516. The van der Waals surface area contributed by atoms with Crippen molar-refractivity contribution in [3.05, 3.63) is 70.7 Å². The molecule has 4 heteroatoms. The fourth-order valence-electron chi connectivity index (χ4n) is 2.59. The van der Waals surface area contributed by atoms with Crippen molar-refractivity contribution in [2.75, 3.05) is 13.2 Å². The van der Waals surface area contributed by atoms with E-state index in [1.165, 1.54) is 5.56 Å². The van der Waals surface area contributed by atoms with E-state index in [-0.39, 0.29) is 0 Å². The Hall–Kier alpha value is -1.39. The highest BCUT2D eigenvalue weighted by atomic mass is 35.5. The van der Waals surface area contributed by atoms with Crippen molar-refractivity contribution >= 4 is 11.6 Å². The number of nitrogens with zero attached hydrogens (tertiary/aromatic N) is 1. The van der Waals surface area contributed by atoms with Crippen LogP contribution >= 0.6 is 11.6 Å². The van der Waals surface area contributed by atoms with Gasteiger partial charge < -0.3 is 4.74 Å². The summed E-state index contributed by atoms with van der Waals surface area (Å²) in [6.07, 6.45) is 0. The molecule has 0 bridgehead atoms. The predicted molar refractivity (Wildman–Crippen MR) is 84.7 cm³/mol. The minimum Gasteiger partial charge on any atom is -0.354 e. The van der Waals surface area contributed by atoms with Gasteiger partial charge in [0.25, 0.3) is 0 Å². The molecule has 110 valence electrons. The molecule has 1 heterocycles. The first kappa shape index (κ1) is 14.5. The summed E-state index contributed by atoms with van der Waals surface area (Å²) in [6, 6.07) is 18.2. The van der Waals surface area contributed by atoms with E-state index in [4.69, 9.17) is 16.3 Å². The molecule has 0 saturated carbocycles. The summed E-state index contributed by atoms with van der Waals surface area (Å²) in [7, 11) is 0. The zero-order valence-electron chi connectivity index (χ0n) is 12.1. The summed E-state index contributed by atoms with van der Waals surface area (Å²) in [6.45, 7) is 4.46. The molecule has 1 atom stereocenters. The molecule has 1 unspecified atom stereocenters. The quantitative estimate of drug-likeness (QED) is 0.938. The molecule has 3 nitrogen and oxygen atoms in total. The Bertz CT molecular complexity index is 587. The topological polar surface area (TPSA) is 24.5 Å². The maximum atomic E-state index is 5.96. The van der Waals surface area contributed by atoms with Crippen LogP contribution in [0.5, 0.6) is 0 Å². The Morgan fingerprint density at radius 3 is 2.57 bits per heavy atom. The molecule has 1 aliphatic heterocycles. The molecule has 0 spiro atoms. The number of halogens is 1. The number of benzene rings is 2. The molecule has 0 aliphatic carbocycles. The third-order valence-electron chi connectivity index (χ3n) is 3.73. The molecule has 0 aromatic heterocycles. The van der Waals surface area contributed by atoms with E-state index in [9.17, 15) is 0 Å². The summed E-state index contributed by atoms with van der Waals surface area (Å²) < 4.78 is 5.96. The SMILES string of the molecule is CC1(c2ccc(Cl)cc2)NN(Cc2ccccc2)CCO1. The van der Waals surface area contributed by atoms with Crippen molar-refractivity contribution in [1.29, 1.82) is 0 Å². The van der Waals surface area contributed by atoms with E-state index in [0.29, 0.717) is 6.61 Å². The van der Waals surface area contributed by atoms with Crippen LogP contribution in [0, 0.1) is 0 Å². The van der Waals surface area contributed by atoms with Crippen molar-refractivity contribution in [3.8, 4) is 0 Å². The summed E-state index contributed by atoms with van der Waals surface area (Å²) in [5.74, 6) is 0. The fourth-order valence-corrected chi connectivity index (χ4v) is 2.71. The van der Waals surface area contributed by atoms with Gasteiger partial charge in [-0.25, -0.2) is 10.4 Å². The number of hydrazine groups is 1. The Kier molecular flexibility index (Phi) is 4.27. The van der Waals surface area contributed by atoms with Crippen LogP contribution in [-0.4, -0.2) is 18.2 Å². The molecule has 0 amide bonds. The van der Waals surface area contributed by atoms with Gasteiger partial charge in [0.2, 0.25) is 0 Å². The van der Waals surface area contributed by atoms with Crippen molar-refractivity contribution in [3.63, 3.8) is 0 Å². The summed E-state index contributed by atoms with van der Waals surface area (Å²) in [4.78, 5) is 0. The normalized spacial score (nSPS) is 23.1. The Morgan fingerprint density at radius 1 is 1.14 bits per heavy atom. The largest absolute Gasteiger partial charge is 0.354 e. The Balaban J connectivity index is 1.74. The van der Waals surface area contributed by atoms with Gasteiger partial charge in [-0.05, 0) is 30.2 Å². The van der Waals surface area contributed by atoms with E-state index < -0.39 is 5.72 Å². The lowest BCUT2D eigenvalue weighted by molar-refractivity contribution is -0.161. The van der Waals surface area contributed by atoms with Gasteiger partial charge >= 0.3 is 0 Å². The lowest BCUT2D eigenvalue weighted by atomic mass is 10.0. The van der Waals surface area contributed by atoms with E-state index in [1.807, 2.05) is 37.3 Å². The van der Waals surface area contributed by atoms with Gasteiger partial charge in [0.1, 0.15) is 0 Å². The fraction of sp³-hybridized carbons (Fsp3) is 0.294. The smallest absolute Gasteiger partial charge is 0.154 e. The van der Waals surface area contributed by atoms with Gasteiger partial charge in [-0.1, -0.05) is 54.1 Å². The number of ether oxygens (including phenoxy) is 1. The van der Waals surface area contributed by atoms with Crippen LogP contribution in [-0.2, 0) is 17.0 Å². The molecule has 1 aliphatic rings. The first-order valence-electron chi connectivity index (χ1n) is 7.12. The van der Waals surface area contributed by atoms with Gasteiger partial charge in [0, 0.05) is 18.1 Å². The average molecular weight is 303 g/mol. The lowest BCUT2D eigenvalue weighted by Gasteiger charge is -2.42.